The molecule has 4 N–H and O–H groups in total. The standard InChI is InChI=1S/C15H16ClN7O2/c1-8-3-5-9(6-4-8)7-17-13-20-12(16)21-14(22-13)18-10-11(24)23(2)15(25)19-10/h3-6,24H,7H2,1-2H3,(H,19,25)(H2,17,18,20,21,22). The highest BCUT2D eigenvalue weighted by atomic mass is 35.5. The van der Waals surface area contributed by atoms with Gasteiger partial charge in [0.25, 0.3) is 0 Å². The van der Waals surface area contributed by atoms with Gasteiger partial charge in [-0.25, -0.2) is 4.79 Å². The van der Waals surface area contributed by atoms with Crippen molar-refractivity contribution in [2.75, 3.05) is 10.6 Å². The van der Waals surface area contributed by atoms with Crippen molar-refractivity contribution in [3.05, 3.63) is 51.2 Å². The van der Waals surface area contributed by atoms with Crippen LogP contribution in [0.25, 0.3) is 0 Å². The van der Waals surface area contributed by atoms with Gasteiger partial charge in [-0.2, -0.15) is 15.0 Å². The van der Waals surface area contributed by atoms with Crippen molar-refractivity contribution in [3.8, 4) is 5.88 Å². The lowest BCUT2D eigenvalue weighted by Gasteiger charge is -2.08. The van der Waals surface area contributed by atoms with Crippen LogP contribution in [0.1, 0.15) is 11.1 Å². The number of aromatic nitrogens is 5. The molecule has 130 valence electrons. The zero-order chi connectivity index (χ0) is 18.0. The van der Waals surface area contributed by atoms with Crippen LogP contribution < -0.4 is 16.3 Å². The minimum Gasteiger partial charge on any atom is -0.492 e. The maximum atomic E-state index is 11.5. The largest absolute Gasteiger partial charge is 0.492 e. The van der Waals surface area contributed by atoms with E-state index in [4.69, 9.17) is 11.6 Å². The van der Waals surface area contributed by atoms with E-state index in [0.717, 1.165) is 10.1 Å². The van der Waals surface area contributed by atoms with E-state index < -0.39 is 5.69 Å². The Morgan fingerprint density at radius 3 is 2.52 bits per heavy atom. The summed E-state index contributed by atoms with van der Waals surface area (Å²) in [5.74, 6) is 0.152. The second-order valence-electron chi connectivity index (χ2n) is 5.40. The summed E-state index contributed by atoms with van der Waals surface area (Å²) in [7, 11) is 1.42. The SMILES string of the molecule is Cc1ccc(CNc2nc(Cl)nc(Nc3[nH]c(=O)n(C)c3O)n2)cc1. The van der Waals surface area contributed by atoms with Crippen molar-refractivity contribution in [3.63, 3.8) is 0 Å². The number of hydrogen-bond acceptors (Lipinski definition) is 7. The highest BCUT2D eigenvalue weighted by Gasteiger charge is 2.12. The van der Waals surface area contributed by atoms with E-state index in [1.54, 1.807) is 0 Å². The molecule has 0 unspecified atom stereocenters. The summed E-state index contributed by atoms with van der Waals surface area (Å²) in [5.41, 5.74) is 1.76. The Labute approximate surface area is 147 Å². The van der Waals surface area contributed by atoms with Crippen LogP contribution in [0.4, 0.5) is 17.7 Å². The van der Waals surface area contributed by atoms with Crippen LogP contribution in [-0.4, -0.2) is 29.6 Å². The van der Waals surface area contributed by atoms with Crippen LogP contribution in [-0.2, 0) is 13.6 Å². The molecule has 0 aliphatic heterocycles. The Morgan fingerprint density at radius 1 is 1.20 bits per heavy atom. The maximum Gasteiger partial charge on any atom is 0.329 e. The molecule has 0 saturated carbocycles. The molecular weight excluding hydrogens is 346 g/mol. The van der Waals surface area contributed by atoms with Crippen molar-refractivity contribution in [1.29, 1.82) is 0 Å². The number of imidazole rings is 1. The molecule has 9 nitrogen and oxygen atoms in total. The number of aryl methyl sites for hydroxylation is 1. The second kappa shape index (κ2) is 6.81. The predicted octanol–water partition coefficient (Wildman–Crippen LogP) is 1.92. The summed E-state index contributed by atoms with van der Waals surface area (Å²) in [6.45, 7) is 2.53. The van der Waals surface area contributed by atoms with Crippen LogP contribution in [0.5, 0.6) is 5.88 Å². The molecule has 25 heavy (non-hydrogen) atoms. The zero-order valence-corrected chi connectivity index (χ0v) is 14.3. The van der Waals surface area contributed by atoms with Crippen LogP contribution in [0.3, 0.4) is 0 Å². The van der Waals surface area contributed by atoms with Crippen molar-refractivity contribution in [1.82, 2.24) is 24.5 Å². The topological polar surface area (TPSA) is 121 Å². The van der Waals surface area contributed by atoms with Gasteiger partial charge in [-0.1, -0.05) is 29.8 Å². The fraction of sp³-hybridized carbons (Fsp3) is 0.200. The summed E-state index contributed by atoms with van der Waals surface area (Å²) in [6, 6.07) is 8.02. The molecule has 2 aromatic heterocycles. The van der Waals surface area contributed by atoms with Crippen LogP contribution >= 0.6 is 11.6 Å². The number of benzene rings is 1. The van der Waals surface area contributed by atoms with Gasteiger partial charge in [-0.05, 0) is 24.1 Å². The fourth-order valence-corrected chi connectivity index (χ4v) is 2.24. The van der Waals surface area contributed by atoms with Gasteiger partial charge in [-0.15, -0.1) is 0 Å². The minimum atomic E-state index is -0.474. The van der Waals surface area contributed by atoms with E-state index in [-0.39, 0.29) is 28.9 Å². The normalized spacial score (nSPS) is 10.7. The molecule has 0 aliphatic carbocycles. The minimum absolute atomic E-state index is 0.0262. The molecule has 0 radical (unpaired) electrons. The highest BCUT2D eigenvalue weighted by molar-refractivity contribution is 6.28. The third-order valence-corrected chi connectivity index (χ3v) is 3.66. The number of aromatic amines is 1. The van der Waals surface area contributed by atoms with Gasteiger partial charge in [0.1, 0.15) is 0 Å². The Morgan fingerprint density at radius 2 is 1.88 bits per heavy atom. The van der Waals surface area contributed by atoms with Gasteiger partial charge in [0, 0.05) is 13.6 Å². The Bertz CT molecular complexity index is 950. The molecule has 1 aromatic carbocycles. The molecule has 3 aromatic rings. The summed E-state index contributed by atoms with van der Waals surface area (Å²) in [4.78, 5) is 26.0. The smallest absolute Gasteiger partial charge is 0.329 e. The third kappa shape index (κ3) is 3.89. The summed E-state index contributed by atoms with van der Waals surface area (Å²) in [6.07, 6.45) is 0. The van der Waals surface area contributed by atoms with E-state index in [1.807, 2.05) is 31.2 Å². The summed E-state index contributed by atoms with van der Waals surface area (Å²) >= 11 is 5.91. The molecule has 0 atom stereocenters. The molecule has 0 bridgehead atoms. The third-order valence-electron chi connectivity index (χ3n) is 3.49. The first-order chi connectivity index (χ1) is 11.9. The molecule has 10 heteroatoms. The number of aromatic hydroxyl groups is 1. The summed E-state index contributed by atoms with van der Waals surface area (Å²) < 4.78 is 1.04. The summed E-state index contributed by atoms with van der Waals surface area (Å²) in [5, 5.41) is 15.6. The van der Waals surface area contributed by atoms with E-state index in [0.29, 0.717) is 6.54 Å². The van der Waals surface area contributed by atoms with Gasteiger partial charge in [0.2, 0.25) is 23.1 Å². The van der Waals surface area contributed by atoms with Crippen LogP contribution in [0.2, 0.25) is 5.28 Å². The van der Waals surface area contributed by atoms with Gasteiger partial charge in [0.05, 0.1) is 0 Å². The Hall–Kier alpha value is -3.07. The second-order valence-corrected chi connectivity index (χ2v) is 5.74. The molecule has 0 amide bonds. The number of anilines is 3. The molecular formula is C15H16ClN7O2. The van der Waals surface area contributed by atoms with Gasteiger partial charge in [0.15, 0.2) is 5.82 Å². The lowest BCUT2D eigenvalue weighted by molar-refractivity contribution is 0.432. The molecule has 0 aliphatic rings. The maximum absolute atomic E-state index is 11.5. The molecule has 0 fully saturated rings. The van der Waals surface area contributed by atoms with Gasteiger partial charge < -0.3 is 15.7 Å². The fourth-order valence-electron chi connectivity index (χ4n) is 2.08. The van der Waals surface area contributed by atoms with Crippen LogP contribution in [0, 0.1) is 6.92 Å². The average molecular weight is 362 g/mol. The van der Waals surface area contributed by atoms with Crippen molar-refractivity contribution < 1.29 is 5.11 Å². The monoisotopic (exact) mass is 361 g/mol. The average Bonchev–Trinajstić information content (AvgIpc) is 2.81. The number of halogens is 1. The first kappa shape index (κ1) is 16.8. The molecule has 0 saturated heterocycles. The first-order valence-electron chi connectivity index (χ1n) is 7.38. The lowest BCUT2D eigenvalue weighted by atomic mass is 10.1. The highest BCUT2D eigenvalue weighted by Crippen LogP contribution is 2.21. The molecule has 2 heterocycles. The number of hydrogen-bond donors (Lipinski definition) is 4. The lowest BCUT2D eigenvalue weighted by Crippen LogP contribution is -2.11. The Balaban J connectivity index is 1.76. The van der Waals surface area contributed by atoms with E-state index >= 15 is 0 Å². The number of nitrogens with one attached hydrogen (secondary N) is 3. The number of H-pyrrole nitrogens is 1. The van der Waals surface area contributed by atoms with Crippen molar-refractivity contribution >= 4 is 29.3 Å². The zero-order valence-electron chi connectivity index (χ0n) is 13.5. The predicted molar refractivity (Wildman–Crippen MR) is 94.3 cm³/mol. The van der Waals surface area contributed by atoms with Gasteiger partial charge in [-0.3, -0.25) is 9.55 Å². The van der Waals surface area contributed by atoms with Crippen LogP contribution in [0.15, 0.2) is 29.1 Å². The van der Waals surface area contributed by atoms with Gasteiger partial charge >= 0.3 is 5.69 Å². The van der Waals surface area contributed by atoms with Crippen molar-refractivity contribution in [2.24, 2.45) is 7.05 Å². The quantitative estimate of drug-likeness (QED) is 0.547. The van der Waals surface area contributed by atoms with E-state index in [1.165, 1.54) is 12.6 Å². The number of rotatable bonds is 5. The molecule has 3 rings (SSSR count). The van der Waals surface area contributed by atoms with E-state index in [2.05, 4.69) is 30.6 Å². The number of nitrogens with zero attached hydrogens (tertiary/aromatic N) is 4. The van der Waals surface area contributed by atoms with Crippen molar-refractivity contribution in [2.45, 2.75) is 13.5 Å². The first-order valence-corrected chi connectivity index (χ1v) is 7.76. The molecule has 0 spiro atoms. The Kier molecular flexibility index (Phi) is 4.57. The van der Waals surface area contributed by atoms with E-state index in [9.17, 15) is 9.90 Å².